The van der Waals surface area contributed by atoms with Gasteiger partial charge in [-0.2, -0.15) is 47.2 Å². The standard InChI is InChI=1S/2C13H10.2C9H7.2C5H5.2ClH.2Ti/c2*1-3-7-12(8-4-1)11-13-9-5-2-6-10-13;2*1-2-5-9-7-3-6-8(9)4-1;2*1-2-4-5-3-1;;;;/h2*1-10H;2*1-7H;2*1-3H,4H2;2*1H;;/q;;4*-1;;;2*+2/p-2. The van der Waals surface area contributed by atoms with Crippen LogP contribution < -0.4 is 24.8 Å². The Balaban J connectivity index is 0.000000192. The molecule has 284 valence electrons. The average molecular weight is 860 g/mol. The largest absolute Gasteiger partial charge is 0.168 e. The molecule has 0 fully saturated rings. The van der Waals surface area contributed by atoms with Crippen LogP contribution in [0, 0.1) is 12.2 Å². The molecule has 0 unspecified atom stereocenters. The van der Waals surface area contributed by atoms with E-state index in [-0.39, 0.29) is 24.8 Å². The van der Waals surface area contributed by atoms with E-state index in [9.17, 15) is 0 Å². The van der Waals surface area contributed by atoms with Gasteiger partial charge < -0.3 is 24.8 Å². The third-order valence-electron chi connectivity index (χ3n) is 8.52. The van der Waals surface area contributed by atoms with Crippen LogP contribution >= 0.6 is 0 Å². The molecule has 58 heavy (non-hydrogen) atoms. The van der Waals surface area contributed by atoms with Crippen molar-refractivity contribution < 1.29 is 64.8 Å². The van der Waals surface area contributed by atoms with E-state index < -0.39 is 0 Å². The van der Waals surface area contributed by atoms with Gasteiger partial charge in [0.15, 0.2) is 0 Å². The Morgan fingerprint density at radius 1 is 0.379 bits per heavy atom. The fourth-order valence-electron chi connectivity index (χ4n) is 5.57. The zero-order valence-corrected chi connectivity index (χ0v) is 36.9. The maximum atomic E-state index is 2.99. The molecule has 0 nitrogen and oxygen atoms in total. The normalized spacial score (nSPS) is 11.0. The van der Waals surface area contributed by atoms with E-state index in [4.69, 9.17) is 0 Å². The van der Waals surface area contributed by atoms with E-state index in [0.717, 1.165) is 12.8 Å². The van der Waals surface area contributed by atoms with Crippen LogP contribution in [0.3, 0.4) is 0 Å². The Morgan fingerprint density at radius 3 is 0.914 bits per heavy atom. The van der Waals surface area contributed by atoms with Gasteiger partial charge in [0.2, 0.25) is 0 Å². The third-order valence-corrected chi connectivity index (χ3v) is 10.3. The molecule has 10 rings (SSSR count). The van der Waals surface area contributed by atoms with E-state index in [1.165, 1.54) is 51.4 Å². The molecule has 0 aliphatic heterocycles. The van der Waals surface area contributed by atoms with Gasteiger partial charge in [0, 0.05) is 0 Å². The number of halogens is 2. The number of hydrogen-bond donors (Lipinski definition) is 0. The summed E-state index contributed by atoms with van der Waals surface area (Å²) in [5, 5.41) is 5.32. The number of fused-ring (bicyclic) bond motifs is 2. The van der Waals surface area contributed by atoms with Gasteiger partial charge >= 0.3 is 191 Å². The van der Waals surface area contributed by atoms with E-state index in [2.05, 4.69) is 246 Å². The first-order chi connectivity index (χ1) is 27.7. The van der Waals surface area contributed by atoms with Crippen molar-refractivity contribution in [3.8, 4) is 0 Å². The van der Waals surface area contributed by atoms with Gasteiger partial charge in [-0.1, -0.05) is 12.1 Å². The predicted molar refractivity (Wildman–Crippen MR) is 234 cm³/mol. The molecule has 0 atom stereocenters. The van der Waals surface area contributed by atoms with Crippen molar-refractivity contribution in [1.29, 1.82) is 0 Å². The summed E-state index contributed by atoms with van der Waals surface area (Å²) in [5.41, 5.74) is 5.16. The molecule has 2 aliphatic carbocycles. The van der Waals surface area contributed by atoms with Gasteiger partial charge in [-0.25, -0.2) is 24.3 Å². The molecule has 0 bridgehead atoms. The molecule has 8 aromatic rings. The van der Waals surface area contributed by atoms with E-state index in [1.54, 1.807) is 0 Å². The summed E-state index contributed by atoms with van der Waals surface area (Å²) in [4.78, 5) is 0. The summed E-state index contributed by atoms with van der Waals surface area (Å²) in [6.45, 7) is 0. The van der Waals surface area contributed by atoms with E-state index >= 15 is 0 Å². The summed E-state index contributed by atoms with van der Waals surface area (Å²) in [6.07, 6.45) is 20.0. The summed E-state index contributed by atoms with van der Waals surface area (Å²) in [7, 11) is 0. The molecule has 8 aromatic carbocycles. The van der Waals surface area contributed by atoms with E-state index in [1.807, 2.05) is 48.6 Å². The van der Waals surface area contributed by atoms with Gasteiger partial charge in [-0.15, -0.1) is 72.1 Å². The van der Waals surface area contributed by atoms with Gasteiger partial charge in [-0.3, -0.25) is 12.2 Å². The Kier molecular flexibility index (Phi) is 23.5. The van der Waals surface area contributed by atoms with Gasteiger partial charge in [0.25, 0.3) is 0 Å². The minimum absolute atomic E-state index is 0. The second-order valence-corrected chi connectivity index (χ2v) is 14.1. The molecular weight excluding hydrogens is 815 g/mol. The van der Waals surface area contributed by atoms with Gasteiger partial charge in [0.1, 0.15) is 0 Å². The molecule has 0 amide bonds. The van der Waals surface area contributed by atoms with E-state index in [0.29, 0.717) is 0 Å². The van der Waals surface area contributed by atoms with Crippen molar-refractivity contribution in [1.82, 2.24) is 0 Å². The fraction of sp³-hybridized carbons (Fsp3) is 0.0370. The predicted octanol–water partition coefficient (Wildman–Crippen LogP) is 7.34. The fourth-order valence-corrected chi connectivity index (χ4v) is 6.61. The summed E-state index contributed by atoms with van der Waals surface area (Å²) < 4.78 is 2.65. The third kappa shape index (κ3) is 17.0. The molecule has 0 saturated carbocycles. The maximum absolute atomic E-state index is 2.99. The van der Waals surface area contributed by atoms with Crippen LogP contribution in [-0.2, 0) is 39.9 Å². The Labute approximate surface area is 380 Å². The molecule has 0 saturated heterocycles. The van der Waals surface area contributed by atoms with Crippen LogP contribution in [0.15, 0.2) is 243 Å². The van der Waals surface area contributed by atoms with Crippen molar-refractivity contribution in [2.45, 2.75) is 12.8 Å². The molecule has 0 spiro atoms. The number of allylic oxidation sites excluding steroid dienone is 8. The van der Waals surface area contributed by atoms with Crippen LogP contribution in [0.4, 0.5) is 0 Å². The SMILES string of the molecule is [C-]1=CC=CC1.[C-]1=CC=CC1.[Cl-].[Cl-].[Ti+2]=[C](c1ccccc1)c1ccccc1.[Ti+2]=[C](c1ccccc1)c1ccccc1.c1ccc2[cH-]ccc2c1.c1ccc2[cH-]ccc2c1. The van der Waals surface area contributed by atoms with Gasteiger partial charge in [0.05, 0.1) is 0 Å². The first kappa shape index (κ1) is 47.6. The zero-order chi connectivity index (χ0) is 38.9. The van der Waals surface area contributed by atoms with Crippen molar-refractivity contribution in [2.75, 3.05) is 0 Å². The second kappa shape index (κ2) is 28.6. The topological polar surface area (TPSA) is 0 Å². The Bertz CT molecular complexity index is 2100. The molecular formula is C54H44Cl2Ti2-2. The molecule has 4 heteroatoms. The average Bonchev–Trinajstić information content (AvgIpc) is 4.15. The first-order valence-corrected chi connectivity index (χ1v) is 20.3. The maximum Gasteiger partial charge on any atom is -0.0809 e. The smallest absolute Gasteiger partial charge is 0.0809 e. The van der Waals surface area contributed by atoms with Crippen LogP contribution in [-0.4, -0.2) is 7.62 Å². The quantitative estimate of drug-likeness (QED) is 0.129. The monoisotopic (exact) mass is 858 g/mol. The molecule has 0 aromatic heterocycles. The Hall–Kier alpha value is -4.75. The molecule has 2 aliphatic rings. The van der Waals surface area contributed by atoms with Crippen LogP contribution in [0.25, 0.3) is 21.5 Å². The van der Waals surface area contributed by atoms with Crippen molar-refractivity contribution in [3.63, 3.8) is 0 Å². The summed E-state index contributed by atoms with van der Waals surface area (Å²) in [6, 6.07) is 71.2. The second-order valence-electron chi connectivity index (χ2n) is 12.5. The first-order valence-electron chi connectivity index (χ1n) is 18.7. The van der Waals surface area contributed by atoms with Crippen LogP contribution in [0.1, 0.15) is 35.1 Å². The van der Waals surface area contributed by atoms with Gasteiger partial charge in [-0.05, 0) is 0 Å². The van der Waals surface area contributed by atoms with Crippen LogP contribution in [0.2, 0.25) is 0 Å². The number of hydrogen-bond acceptors (Lipinski definition) is 0. The van der Waals surface area contributed by atoms with Crippen molar-refractivity contribution in [2.24, 2.45) is 0 Å². The molecule has 0 radical (unpaired) electrons. The van der Waals surface area contributed by atoms with Crippen LogP contribution in [0.5, 0.6) is 0 Å². The number of benzene rings is 6. The summed E-state index contributed by atoms with van der Waals surface area (Å²) in [5.74, 6) is 0. The molecule has 0 heterocycles. The minimum Gasteiger partial charge on any atom is -0.168 e. The van der Waals surface area contributed by atoms with Crippen molar-refractivity contribution >= 4 is 29.2 Å². The Morgan fingerprint density at radius 2 is 0.672 bits per heavy atom. The number of rotatable bonds is 4. The zero-order valence-electron chi connectivity index (χ0n) is 32.3. The molecule has 0 N–H and O–H groups in total. The van der Waals surface area contributed by atoms with Crippen molar-refractivity contribution in [3.05, 3.63) is 277 Å². The summed E-state index contributed by atoms with van der Waals surface area (Å²) >= 11 is 4.31. The minimum atomic E-state index is 0.